The summed E-state index contributed by atoms with van der Waals surface area (Å²) >= 11 is 0. The molecule has 0 unspecified atom stereocenters. The monoisotopic (exact) mass is 367 g/mol. The molecule has 0 saturated carbocycles. The highest BCUT2D eigenvalue weighted by Crippen LogP contribution is 2.12. The van der Waals surface area contributed by atoms with Gasteiger partial charge in [0.1, 0.15) is 11.5 Å². The highest BCUT2D eigenvalue weighted by Gasteiger charge is 2.09. The molecular formula is C19H18FN5O2. The Morgan fingerprint density at radius 2 is 1.89 bits per heavy atom. The second-order valence-electron chi connectivity index (χ2n) is 5.88. The van der Waals surface area contributed by atoms with Gasteiger partial charge < -0.3 is 10.3 Å². The van der Waals surface area contributed by atoms with Crippen LogP contribution in [0.3, 0.4) is 0 Å². The number of hydrogen-bond acceptors (Lipinski definition) is 5. The molecule has 3 aromatic rings. The van der Waals surface area contributed by atoms with Crippen LogP contribution in [0.25, 0.3) is 11.4 Å². The summed E-state index contributed by atoms with van der Waals surface area (Å²) in [5, 5.41) is 10.6. The number of hydrogen-bond donors (Lipinski definition) is 2. The van der Waals surface area contributed by atoms with Gasteiger partial charge in [0.05, 0.1) is 0 Å². The summed E-state index contributed by atoms with van der Waals surface area (Å²) in [7, 11) is 0. The van der Waals surface area contributed by atoms with Gasteiger partial charge in [-0.05, 0) is 36.4 Å². The van der Waals surface area contributed by atoms with Crippen molar-refractivity contribution in [2.75, 3.05) is 6.54 Å². The van der Waals surface area contributed by atoms with E-state index in [0.29, 0.717) is 18.5 Å². The molecule has 1 amide bonds. The maximum absolute atomic E-state index is 13.0. The molecule has 0 aliphatic heterocycles. The van der Waals surface area contributed by atoms with Gasteiger partial charge in [-0.2, -0.15) is 0 Å². The summed E-state index contributed by atoms with van der Waals surface area (Å²) in [5.74, 6) is -0.293. The molecule has 0 aliphatic rings. The fraction of sp³-hybridized carbons (Fsp3) is 0.211. The topological polar surface area (TPSA) is 101 Å². The van der Waals surface area contributed by atoms with E-state index in [0.717, 1.165) is 5.69 Å². The van der Waals surface area contributed by atoms with Crippen LogP contribution in [0.4, 0.5) is 4.39 Å². The Morgan fingerprint density at radius 3 is 2.59 bits per heavy atom. The molecule has 2 aromatic heterocycles. The lowest BCUT2D eigenvalue weighted by atomic mass is 10.2. The standard InChI is InChI=1S/C19H18FN5O2/c20-14-6-4-13(5-7-14)18-23-19(27)16(24-25-18)8-9-17(26)22-12-10-15-3-1-2-11-21-15/h1-7,11H,8-10,12H2,(H,22,26)(H,23,25,27). The van der Waals surface area contributed by atoms with E-state index >= 15 is 0 Å². The molecule has 0 saturated heterocycles. The number of aromatic nitrogens is 4. The molecule has 0 spiro atoms. The smallest absolute Gasteiger partial charge is 0.273 e. The Labute approximate surface area is 154 Å². The molecule has 138 valence electrons. The Bertz CT molecular complexity index is 958. The van der Waals surface area contributed by atoms with Crippen LogP contribution in [0.2, 0.25) is 0 Å². The lowest BCUT2D eigenvalue weighted by molar-refractivity contribution is -0.121. The van der Waals surface area contributed by atoms with Crippen LogP contribution in [0.1, 0.15) is 17.8 Å². The van der Waals surface area contributed by atoms with Gasteiger partial charge in [0.25, 0.3) is 5.56 Å². The molecule has 0 aliphatic carbocycles. The lowest BCUT2D eigenvalue weighted by Gasteiger charge is -2.05. The first-order valence-corrected chi connectivity index (χ1v) is 8.50. The Morgan fingerprint density at radius 1 is 1.07 bits per heavy atom. The van der Waals surface area contributed by atoms with Crippen molar-refractivity contribution in [1.82, 2.24) is 25.5 Å². The summed E-state index contributed by atoms with van der Waals surface area (Å²) in [6, 6.07) is 11.2. The van der Waals surface area contributed by atoms with Crippen molar-refractivity contribution in [2.45, 2.75) is 19.3 Å². The van der Waals surface area contributed by atoms with Crippen molar-refractivity contribution in [1.29, 1.82) is 0 Å². The molecule has 0 atom stereocenters. The number of carbonyl (C=O) groups is 1. The SMILES string of the molecule is O=C(CCc1nnc(-c2ccc(F)cc2)[nH]c1=O)NCCc1ccccn1. The summed E-state index contributed by atoms with van der Waals surface area (Å²) < 4.78 is 13.0. The van der Waals surface area contributed by atoms with Crippen LogP contribution in [0.15, 0.2) is 53.5 Å². The average Bonchev–Trinajstić information content (AvgIpc) is 2.68. The van der Waals surface area contributed by atoms with Crippen LogP contribution in [-0.2, 0) is 17.6 Å². The van der Waals surface area contributed by atoms with Gasteiger partial charge in [-0.3, -0.25) is 14.6 Å². The predicted molar refractivity (Wildman–Crippen MR) is 97.3 cm³/mol. The number of pyridine rings is 1. The minimum absolute atomic E-state index is 0.135. The first-order valence-electron chi connectivity index (χ1n) is 8.50. The number of amides is 1. The van der Waals surface area contributed by atoms with Gasteiger partial charge in [0.2, 0.25) is 5.91 Å². The minimum Gasteiger partial charge on any atom is -0.356 e. The van der Waals surface area contributed by atoms with Gasteiger partial charge >= 0.3 is 0 Å². The molecule has 1 aromatic carbocycles. The van der Waals surface area contributed by atoms with Crippen molar-refractivity contribution in [2.24, 2.45) is 0 Å². The van der Waals surface area contributed by atoms with Gasteiger partial charge in [-0.1, -0.05) is 6.07 Å². The summed E-state index contributed by atoms with van der Waals surface area (Å²) in [4.78, 5) is 30.8. The third-order valence-corrected chi connectivity index (χ3v) is 3.90. The van der Waals surface area contributed by atoms with E-state index in [-0.39, 0.29) is 36.1 Å². The lowest BCUT2D eigenvalue weighted by Crippen LogP contribution is -2.27. The number of nitrogens with zero attached hydrogens (tertiary/aromatic N) is 3. The maximum atomic E-state index is 13.0. The van der Waals surface area contributed by atoms with Crippen molar-refractivity contribution < 1.29 is 9.18 Å². The van der Waals surface area contributed by atoms with E-state index in [9.17, 15) is 14.0 Å². The van der Waals surface area contributed by atoms with Gasteiger partial charge in [-0.25, -0.2) is 4.39 Å². The Balaban J connectivity index is 1.51. The van der Waals surface area contributed by atoms with Crippen LogP contribution >= 0.6 is 0 Å². The third-order valence-electron chi connectivity index (χ3n) is 3.90. The molecule has 2 N–H and O–H groups in total. The zero-order chi connectivity index (χ0) is 19.1. The fourth-order valence-corrected chi connectivity index (χ4v) is 2.46. The average molecular weight is 367 g/mol. The molecule has 8 heteroatoms. The first kappa shape index (κ1) is 18.4. The normalized spacial score (nSPS) is 10.6. The molecule has 2 heterocycles. The van der Waals surface area contributed by atoms with Gasteiger partial charge in [0, 0.05) is 43.3 Å². The zero-order valence-electron chi connectivity index (χ0n) is 14.5. The van der Waals surface area contributed by atoms with Gasteiger partial charge in [-0.15, -0.1) is 10.2 Å². The number of carbonyl (C=O) groups excluding carboxylic acids is 1. The van der Waals surface area contributed by atoms with E-state index in [1.165, 1.54) is 24.3 Å². The summed E-state index contributed by atoms with van der Waals surface area (Å²) in [6.07, 6.45) is 2.66. The van der Waals surface area contributed by atoms with Crippen LogP contribution in [0, 0.1) is 5.82 Å². The van der Waals surface area contributed by atoms with Crippen LogP contribution in [-0.4, -0.2) is 32.6 Å². The van der Waals surface area contributed by atoms with Gasteiger partial charge in [0.15, 0.2) is 5.82 Å². The number of aryl methyl sites for hydroxylation is 1. The predicted octanol–water partition coefficient (Wildman–Crippen LogP) is 1.66. The Kier molecular flexibility index (Phi) is 5.98. The number of aromatic amines is 1. The molecule has 0 radical (unpaired) electrons. The molecule has 3 rings (SSSR count). The Hall–Kier alpha value is -3.42. The van der Waals surface area contributed by atoms with E-state index in [2.05, 4.69) is 25.5 Å². The van der Waals surface area contributed by atoms with Crippen molar-refractivity contribution in [3.63, 3.8) is 0 Å². The van der Waals surface area contributed by atoms with E-state index in [1.807, 2.05) is 18.2 Å². The number of benzene rings is 1. The van der Waals surface area contributed by atoms with E-state index in [1.54, 1.807) is 6.20 Å². The number of nitrogens with one attached hydrogen (secondary N) is 2. The van der Waals surface area contributed by atoms with Crippen molar-refractivity contribution >= 4 is 5.91 Å². The van der Waals surface area contributed by atoms with Crippen LogP contribution in [0.5, 0.6) is 0 Å². The number of halogens is 1. The molecule has 7 nitrogen and oxygen atoms in total. The molecule has 27 heavy (non-hydrogen) atoms. The minimum atomic E-state index is -0.411. The quantitative estimate of drug-likeness (QED) is 0.661. The maximum Gasteiger partial charge on any atom is 0.273 e. The zero-order valence-corrected chi connectivity index (χ0v) is 14.5. The van der Waals surface area contributed by atoms with Crippen molar-refractivity contribution in [3.8, 4) is 11.4 Å². The van der Waals surface area contributed by atoms with Crippen molar-refractivity contribution in [3.05, 3.63) is 76.2 Å². The summed E-state index contributed by atoms with van der Waals surface area (Å²) in [6.45, 7) is 0.474. The summed E-state index contributed by atoms with van der Waals surface area (Å²) in [5.41, 5.74) is 1.22. The highest BCUT2D eigenvalue weighted by atomic mass is 19.1. The van der Waals surface area contributed by atoms with Crippen LogP contribution < -0.4 is 10.9 Å². The third kappa shape index (κ3) is 5.27. The fourth-order valence-electron chi connectivity index (χ4n) is 2.46. The molecule has 0 fully saturated rings. The highest BCUT2D eigenvalue weighted by molar-refractivity contribution is 5.76. The van der Waals surface area contributed by atoms with E-state index < -0.39 is 5.56 Å². The number of H-pyrrole nitrogens is 1. The molecular weight excluding hydrogens is 349 g/mol. The second kappa shape index (κ2) is 8.79. The number of rotatable bonds is 7. The largest absolute Gasteiger partial charge is 0.356 e. The second-order valence-corrected chi connectivity index (χ2v) is 5.88. The first-order chi connectivity index (χ1) is 13.1. The molecule has 0 bridgehead atoms. The van der Waals surface area contributed by atoms with E-state index in [4.69, 9.17) is 0 Å².